The third-order valence-electron chi connectivity index (χ3n) is 5.95. The highest BCUT2D eigenvalue weighted by atomic mass is 19.1. The van der Waals surface area contributed by atoms with E-state index in [0.29, 0.717) is 24.0 Å². The molecule has 1 fully saturated rings. The largest absolute Gasteiger partial charge is 0.444 e. The molecule has 1 aliphatic rings. The lowest BCUT2D eigenvalue weighted by molar-refractivity contribution is -0.132. The van der Waals surface area contributed by atoms with Crippen molar-refractivity contribution >= 4 is 17.9 Å². The van der Waals surface area contributed by atoms with Crippen molar-refractivity contribution in [2.24, 2.45) is 11.8 Å². The van der Waals surface area contributed by atoms with Crippen LogP contribution in [-0.2, 0) is 27.2 Å². The van der Waals surface area contributed by atoms with Gasteiger partial charge in [0.05, 0.1) is 11.8 Å². The monoisotopic (exact) mass is 501 g/mol. The summed E-state index contributed by atoms with van der Waals surface area (Å²) in [5, 5.41) is 5.54. The van der Waals surface area contributed by atoms with Gasteiger partial charge >= 0.3 is 6.09 Å². The van der Waals surface area contributed by atoms with Crippen LogP contribution in [0.2, 0.25) is 0 Å². The molecular weight excluding hydrogens is 468 g/mol. The first kappa shape index (κ1) is 27.1. The molecule has 1 saturated heterocycles. The van der Waals surface area contributed by atoms with Crippen molar-refractivity contribution < 1.29 is 27.9 Å². The Bertz CT molecular complexity index is 1020. The fraction of sp³-hybridized carbons (Fsp3) is 0.444. The van der Waals surface area contributed by atoms with E-state index in [-0.39, 0.29) is 37.8 Å². The predicted molar refractivity (Wildman–Crippen MR) is 131 cm³/mol. The zero-order chi connectivity index (χ0) is 26.3. The Labute approximate surface area is 210 Å². The average molecular weight is 502 g/mol. The van der Waals surface area contributed by atoms with Crippen LogP contribution >= 0.6 is 0 Å². The molecule has 2 aromatic carbocycles. The Morgan fingerprint density at radius 1 is 0.833 bits per heavy atom. The highest BCUT2D eigenvalue weighted by Crippen LogP contribution is 2.26. The van der Waals surface area contributed by atoms with Gasteiger partial charge in [-0.05, 0) is 56.9 Å². The van der Waals surface area contributed by atoms with Gasteiger partial charge < -0.3 is 20.3 Å². The second-order valence-electron chi connectivity index (χ2n) is 9.86. The molecule has 0 aliphatic carbocycles. The molecule has 0 spiro atoms. The number of benzene rings is 2. The maximum Gasteiger partial charge on any atom is 0.410 e. The summed E-state index contributed by atoms with van der Waals surface area (Å²) in [6, 6.07) is 12.6. The molecule has 1 aliphatic heterocycles. The lowest BCUT2D eigenvalue weighted by Gasteiger charge is -2.24. The molecule has 2 N–H and O–H groups in total. The standard InChI is InChI=1S/C27H33F2N3O4/c1-27(2,3)36-26(35)32-16-20(24(33)30-14-12-18-8-4-6-10-22(18)28)21(17-32)25(34)31-15-13-19-9-5-7-11-23(19)29/h4-11,20-21H,12-17H2,1-3H3,(H,30,33)(H,31,34). The maximum atomic E-state index is 13.9. The molecule has 0 saturated carbocycles. The van der Waals surface area contributed by atoms with Crippen molar-refractivity contribution in [2.75, 3.05) is 26.2 Å². The van der Waals surface area contributed by atoms with Gasteiger partial charge in [-0.2, -0.15) is 0 Å². The molecule has 7 nitrogen and oxygen atoms in total. The Morgan fingerprint density at radius 2 is 1.25 bits per heavy atom. The highest BCUT2D eigenvalue weighted by molar-refractivity contribution is 5.89. The Hall–Kier alpha value is -3.49. The minimum absolute atomic E-state index is 0.0197. The van der Waals surface area contributed by atoms with E-state index in [2.05, 4.69) is 10.6 Å². The van der Waals surface area contributed by atoms with Gasteiger partial charge in [-0.1, -0.05) is 36.4 Å². The van der Waals surface area contributed by atoms with Crippen molar-refractivity contribution in [3.8, 4) is 0 Å². The van der Waals surface area contributed by atoms with E-state index >= 15 is 0 Å². The molecule has 0 radical (unpaired) electrons. The topological polar surface area (TPSA) is 87.7 Å². The van der Waals surface area contributed by atoms with Crippen LogP contribution in [0.25, 0.3) is 0 Å². The third-order valence-corrected chi connectivity index (χ3v) is 5.95. The maximum absolute atomic E-state index is 13.9. The second kappa shape index (κ2) is 12.0. The summed E-state index contributed by atoms with van der Waals surface area (Å²) >= 11 is 0. The quantitative estimate of drug-likeness (QED) is 0.580. The van der Waals surface area contributed by atoms with Gasteiger partial charge in [0.25, 0.3) is 0 Å². The van der Waals surface area contributed by atoms with Crippen LogP contribution < -0.4 is 10.6 Å². The molecule has 0 bridgehead atoms. The Morgan fingerprint density at radius 3 is 1.64 bits per heavy atom. The fourth-order valence-electron chi connectivity index (χ4n) is 4.12. The van der Waals surface area contributed by atoms with Gasteiger partial charge in [0.2, 0.25) is 11.8 Å². The summed E-state index contributed by atoms with van der Waals surface area (Å²) in [5.74, 6) is -3.09. The molecule has 194 valence electrons. The lowest BCUT2D eigenvalue weighted by Crippen LogP contribution is -2.42. The summed E-state index contributed by atoms with van der Waals surface area (Å²) in [6.45, 7) is 5.62. The predicted octanol–water partition coefficient (Wildman–Crippen LogP) is 3.47. The smallest absolute Gasteiger partial charge is 0.410 e. The van der Waals surface area contributed by atoms with E-state index in [4.69, 9.17) is 4.74 Å². The summed E-state index contributed by atoms with van der Waals surface area (Å²) in [4.78, 5) is 40.0. The van der Waals surface area contributed by atoms with Crippen LogP contribution in [0.3, 0.4) is 0 Å². The van der Waals surface area contributed by atoms with Crippen molar-refractivity contribution in [1.29, 1.82) is 0 Å². The number of carbonyl (C=O) groups excluding carboxylic acids is 3. The van der Waals surface area contributed by atoms with Crippen molar-refractivity contribution in [3.05, 3.63) is 71.3 Å². The van der Waals surface area contributed by atoms with Crippen molar-refractivity contribution in [3.63, 3.8) is 0 Å². The third kappa shape index (κ3) is 7.50. The van der Waals surface area contributed by atoms with Crippen LogP contribution in [0.15, 0.2) is 48.5 Å². The number of rotatable bonds is 8. The van der Waals surface area contributed by atoms with Crippen molar-refractivity contribution in [2.45, 2.75) is 39.2 Å². The normalized spacial score (nSPS) is 17.5. The first-order valence-corrected chi connectivity index (χ1v) is 12.1. The van der Waals surface area contributed by atoms with E-state index in [1.807, 2.05) is 0 Å². The van der Waals surface area contributed by atoms with Gasteiger partial charge in [-0.3, -0.25) is 9.59 Å². The number of hydrogen-bond acceptors (Lipinski definition) is 4. The lowest BCUT2D eigenvalue weighted by atomic mass is 9.94. The molecule has 9 heteroatoms. The van der Waals surface area contributed by atoms with Crippen molar-refractivity contribution in [1.82, 2.24) is 15.5 Å². The second-order valence-corrected chi connectivity index (χ2v) is 9.86. The first-order valence-electron chi connectivity index (χ1n) is 12.1. The molecule has 2 unspecified atom stereocenters. The van der Waals surface area contributed by atoms with Gasteiger partial charge in [-0.15, -0.1) is 0 Å². The number of hydrogen-bond donors (Lipinski definition) is 2. The minimum atomic E-state index is -0.799. The number of halogens is 2. The zero-order valence-corrected chi connectivity index (χ0v) is 20.9. The van der Waals surface area contributed by atoms with Crippen LogP contribution in [0.4, 0.5) is 13.6 Å². The molecule has 1 heterocycles. The molecule has 3 amide bonds. The number of likely N-dealkylation sites (tertiary alicyclic amines) is 1. The number of amides is 3. The molecule has 36 heavy (non-hydrogen) atoms. The van der Waals surface area contributed by atoms with Crippen LogP contribution in [-0.4, -0.2) is 54.6 Å². The van der Waals surface area contributed by atoms with E-state index in [9.17, 15) is 23.2 Å². The summed E-state index contributed by atoms with van der Waals surface area (Å²) in [6.07, 6.45) is -0.0193. The first-order chi connectivity index (χ1) is 17.0. The van der Waals surface area contributed by atoms with Crippen LogP contribution in [0.1, 0.15) is 31.9 Å². The van der Waals surface area contributed by atoms with Gasteiger partial charge in [0.15, 0.2) is 0 Å². The number of ether oxygens (including phenoxy) is 1. The minimum Gasteiger partial charge on any atom is -0.444 e. The molecule has 2 aromatic rings. The molecular formula is C27H33F2N3O4. The average Bonchev–Trinajstić information content (AvgIpc) is 3.26. The number of carbonyl (C=O) groups is 3. The van der Waals surface area contributed by atoms with E-state index in [0.717, 1.165) is 0 Å². The van der Waals surface area contributed by atoms with E-state index in [1.165, 1.54) is 17.0 Å². The summed E-state index contributed by atoms with van der Waals surface area (Å²) in [7, 11) is 0. The zero-order valence-electron chi connectivity index (χ0n) is 20.9. The van der Waals surface area contributed by atoms with Crippen LogP contribution in [0, 0.1) is 23.5 Å². The molecule has 0 aromatic heterocycles. The van der Waals surface area contributed by atoms with E-state index < -0.39 is 35.3 Å². The molecule has 3 rings (SSSR count). The number of nitrogens with zero attached hydrogens (tertiary/aromatic N) is 1. The van der Waals surface area contributed by atoms with Gasteiger partial charge in [0.1, 0.15) is 17.2 Å². The molecule has 2 atom stereocenters. The Balaban J connectivity index is 1.63. The SMILES string of the molecule is CC(C)(C)OC(=O)N1CC(C(=O)NCCc2ccccc2F)C(C(=O)NCCc2ccccc2F)C1. The summed E-state index contributed by atoms with van der Waals surface area (Å²) in [5.41, 5.74) is 0.221. The van der Waals surface area contributed by atoms with Gasteiger partial charge in [-0.25, -0.2) is 13.6 Å². The highest BCUT2D eigenvalue weighted by Gasteiger charge is 2.44. The van der Waals surface area contributed by atoms with Gasteiger partial charge in [0, 0.05) is 26.2 Å². The number of nitrogens with one attached hydrogen (secondary N) is 2. The van der Waals surface area contributed by atoms with Crippen LogP contribution in [0.5, 0.6) is 0 Å². The summed E-state index contributed by atoms with van der Waals surface area (Å²) < 4.78 is 33.2. The fourth-order valence-corrected chi connectivity index (χ4v) is 4.12. The van der Waals surface area contributed by atoms with E-state index in [1.54, 1.807) is 57.2 Å². The Kier molecular flexibility index (Phi) is 9.01.